The molecular formula is C52H68HfSi. The predicted octanol–water partition coefficient (Wildman–Crippen LogP) is 13.2. The average Bonchev–Trinajstić information content (AvgIpc) is 3.67. The van der Waals surface area contributed by atoms with Crippen molar-refractivity contribution in [1.29, 1.82) is 0 Å². The molecule has 0 atom stereocenters. The third-order valence-electron chi connectivity index (χ3n) is 10.9. The number of rotatable bonds is 10. The summed E-state index contributed by atoms with van der Waals surface area (Å²) in [6, 6.07) is 38.2. The molecule has 0 amide bonds. The Balaban J connectivity index is 0.000000795. The molecule has 0 unspecified atom stereocenters. The number of benzene rings is 4. The van der Waals surface area contributed by atoms with E-state index < -0.39 is 8.07 Å². The summed E-state index contributed by atoms with van der Waals surface area (Å²) in [7, 11) is -2.86. The Hall–Kier alpha value is -2.81. The fourth-order valence-electron chi connectivity index (χ4n) is 8.02. The predicted molar refractivity (Wildman–Crippen MR) is 243 cm³/mol. The zero-order valence-corrected chi connectivity index (χ0v) is 40.4. The van der Waals surface area contributed by atoms with Crippen molar-refractivity contribution in [3.63, 3.8) is 0 Å². The van der Waals surface area contributed by atoms with E-state index in [-0.39, 0.29) is 25.8 Å². The zero-order chi connectivity index (χ0) is 39.0. The SMILES string of the molecule is Cc1[cH-]c2cc(C(C)C)cc(C(C)C)c2c1[Si](c1ccccc1)(c1ccccc1)c1c(C)[cH-]c2cc(C(C)C)cc(C(C)C)c12.[CH2-]CCC.[CH2-]CCC.[Hf+4]. The van der Waals surface area contributed by atoms with Crippen LogP contribution in [0.2, 0.25) is 0 Å². The second-order valence-electron chi connectivity index (χ2n) is 16.4. The molecule has 0 aliphatic heterocycles. The monoisotopic (exact) mass is 900 g/mol. The number of fused-ring (bicyclic) bond motifs is 2. The quantitative estimate of drug-likeness (QED) is 0.0949. The van der Waals surface area contributed by atoms with Gasteiger partial charge in [-0.05, 0) is 23.7 Å². The van der Waals surface area contributed by atoms with Crippen LogP contribution in [0.1, 0.15) is 152 Å². The summed E-state index contributed by atoms with van der Waals surface area (Å²) in [4.78, 5) is 0. The molecule has 0 fully saturated rings. The van der Waals surface area contributed by atoms with E-state index in [9.17, 15) is 0 Å². The molecule has 6 aromatic carbocycles. The topological polar surface area (TPSA) is 0 Å². The third kappa shape index (κ3) is 9.24. The van der Waals surface area contributed by atoms with E-state index in [0.717, 1.165) is 12.8 Å². The Kier molecular flexibility index (Phi) is 17.2. The van der Waals surface area contributed by atoms with Gasteiger partial charge in [0.2, 0.25) is 0 Å². The molecule has 0 spiro atoms. The molecular weight excluding hydrogens is 831 g/mol. The van der Waals surface area contributed by atoms with E-state index in [1.165, 1.54) is 78.1 Å². The number of hydrogen-bond acceptors (Lipinski definition) is 0. The summed E-state index contributed by atoms with van der Waals surface area (Å²) >= 11 is 0. The first-order valence-corrected chi connectivity index (χ1v) is 22.5. The van der Waals surface area contributed by atoms with Gasteiger partial charge in [0.1, 0.15) is 0 Å². The molecule has 0 saturated heterocycles. The molecule has 2 heteroatoms. The summed E-state index contributed by atoms with van der Waals surface area (Å²) in [5.41, 5.74) is 8.70. The molecule has 0 radical (unpaired) electrons. The summed E-state index contributed by atoms with van der Waals surface area (Å²) in [6.45, 7) is 35.1. The van der Waals surface area contributed by atoms with Gasteiger partial charge in [-0.15, -0.1) is 67.3 Å². The van der Waals surface area contributed by atoms with Crippen molar-refractivity contribution in [2.75, 3.05) is 0 Å². The van der Waals surface area contributed by atoms with Gasteiger partial charge in [-0.1, -0.05) is 201 Å². The molecule has 54 heavy (non-hydrogen) atoms. The maximum Gasteiger partial charge on any atom is 4.00 e. The van der Waals surface area contributed by atoms with Crippen LogP contribution in [-0.4, -0.2) is 8.07 Å². The summed E-state index contributed by atoms with van der Waals surface area (Å²) in [5, 5.41) is 11.9. The average molecular weight is 900 g/mol. The van der Waals surface area contributed by atoms with Crippen LogP contribution in [0.4, 0.5) is 0 Å². The molecule has 0 nitrogen and oxygen atoms in total. The molecule has 0 aliphatic rings. The maximum absolute atomic E-state index is 3.60. The van der Waals surface area contributed by atoms with Gasteiger partial charge in [0.15, 0.2) is 0 Å². The smallest absolute Gasteiger partial charge is 0.343 e. The maximum atomic E-state index is 3.60. The Labute approximate surface area is 350 Å². The molecule has 6 rings (SSSR count). The Morgan fingerprint density at radius 2 is 0.833 bits per heavy atom. The van der Waals surface area contributed by atoms with Crippen LogP contribution in [-0.2, 0) is 25.8 Å². The van der Waals surface area contributed by atoms with Crippen molar-refractivity contribution in [2.45, 2.75) is 132 Å². The minimum absolute atomic E-state index is 0. The van der Waals surface area contributed by atoms with E-state index >= 15 is 0 Å². The zero-order valence-electron chi connectivity index (χ0n) is 35.8. The van der Waals surface area contributed by atoms with Crippen LogP contribution < -0.4 is 20.7 Å². The van der Waals surface area contributed by atoms with E-state index in [1.807, 2.05) is 0 Å². The summed E-state index contributed by atoms with van der Waals surface area (Å²) < 4.78 is 0. The van der Waals surface area contributed by atoms with Crippen LogP contribution in [0.15, 0.2) is 97.1 Å². The molecule has 0 bridgehead atoms. The van der Waals surface area contributed by atoms with Gasteiger partial charge < -0.3 is 13.8 Å². The Bertz CT molecular complexity index is 1880. The van der Waals surface area contributed by atoms with E-state index in [0.29, 0.717) is 23.7 Å². The van der Waals surface area contributed by atoms with Gasteiger partial charge in [-0.3, -0.25) is 0 Å². The molecule has 0 aliphatic carbocycles. The van der Waals surface area contributed by atoms with Gasteiger partial charge in [0.25, 0.3) is 0 Å². The number of aryl methyl sites for hydroxylation is 2. The third-order valence-corrected chi connectivity index (χ3v) is 16.1. The van der Waals surface area contributed by atoms with Crippen molar-refractivity contribution in [1.82, 2.24) is 0 Å². The standard InChI is InChI=1S/C44H50Si.2C4H9.Hf/c1-27(2)33-23-35-21-31(9)43(41(35)39(25-33)29(5)6)45(37-17-13-11-14-18-37,38-19-15-12-16-20-38)44-32(10)22-36-24-34(28(3)4)26-40(30(7)8)42(36)44;2*1-3-4-2;/h11-30H,1-10H3;2*1,3-4H2,2H3;/q-2;2*-1;+4. The van der Waals surface area contributed by atoms with Crippen LogP contribution in [0.3, 0.4) is 0 Å². The van der Waals surface area contributed by atoms with Gasteiger partial charge in [-0.25, -0.2) is 0 Å². The Morgan fingerprint density at radius 3 is 1.09 bits per heavy atom. The van der Waals surface area contributed by atoms with E-state index in [2.05, 4.69) is 194 Å². The minimum atomic E-state index is -2.86. The van der Waals surface area contributed by atoms with E-state index in [1.54, 1.807) is 10.4 Å². The van der Waals surface area contributed by atoms with Gasteiger partial charge in [0, 0.05) is 0 Å². The molecule has 284 valence electrons. The van der Waals surface area contributed by atoms with Gasteiger partial charge >= 0.3 is 25.8 Å². The van der Waals surface area contributed by atoms with Gasteiger partial charge in [0.05, 0.1) is 8.07 Å². The fraction of sp³-hybridized carbons (Fsp3) is 0.385. The first kappa shape index (κ1) is 45.6. The molecule has 0 heterocycles. The van der Waals surface area contributed by atoms with E-state index in [4.69, 9.17) is 0 Å². The summed E-state index contributed by atoms with van der Waals surface area (Å²) in [6.07, 6.45) is 4.56. The first-order valence-electron chi connectivity index (χ1n) is 20.5. The van der Waals surface area contributed by atoms with Crippen LogP contribution >= 0.6 is 0 Å². The normalized spacial score (nSPS) is 11.6. The van der Waals surface area contributed by atoms with Crippen molar-refractivity contribution < 1.29 is 25.8 Å². The van der Waals surface area contributed by atoms with Crippen LogP contribution in [0, 0.1) is 27.7 Å². The minimum Gasteiger partial charge on any atom is -0.343 e. The van der Waals surface area contributed by atoms with Crippen molar-refractivity contribution >= 4 is 50.4 Å². The Morgan fingerprint density at radius 1 is 0.519 bits per heavy atom. The second-order valence-corrected chi connectivity index (χ2v) is 20.0. The van der Waals surface area contributed by atoms with Gasteiger partial charge in [-0.2, -0.15) is 12.8 Å². The van der Waals surface area contributed by atoms with Crippen LogP contribution in [0.25, 0.3) is 21.5 Å². The molecule has 0 saturated carbocycles. The molecule has 0 N–H and O–H groups in total. The second kappa shape index (κ2) is 20.4. The fourth-order valence-corrected chi connectivity index (χ4v) is 13.8. The number of unbranched alkanes of at least 4 members (excludes halogenated alkanes) is 2. The van der Waals surface area contributed by atoms with Crippen molar-refractivity contribution in [2.24, 2.45) is 0 Å². The largest absolute Gasteiger partial charge is 4.00 e. The van der Waals surface area contributed by atoms with Crippen molar-refractivity contribution in [3.8, 4) is 0 Å². The van der Waals surface area contributed by atoms with Crippen LogP contribution in [0.5, 0.6) is 0 Å². The molecule has 0 aromatic heterocycles. The first-order chi connectivity index (χ1) is 25.3. The molecule has 6 aromatic rings. The summed E-state index contributed by atoms with van der Waals surface area (Å²) in [5.74, 6) is 1.81. The van der Waals surface area contributed by atoms with Crippen molar-refractivity contribution in [3.05, 3.63) is 144 Å². The number of hydrogen-bond donors (Lipinski definition) is 0.